The summed E-state index contributed by atoms with van der Waals surface area (Å²) in [5.41, 5.74) is 0.927. The predicted octanol–water partition coefficient (Wildman–Crippen LogP) is 2.24. The maximum absolute atomic E-state index is 12.9. The number of hydrogen-bond acceptors (Lipinski definition) is 4. The molecule has 2 saturated heterocycles. The van der Waals surface area contributed by atoms with E-state index in [-0.39, 0.29) is 29.9 Å². The van der Waals surface area contributed by atoms with Gasteiger partial charge in [-0.15, -0.1) is 0 Å². The zero-order valence-corrected chi connectivity index (χ0v) is 17.3. The first-order valence-corrected chi connectivity index (χ1v) is 11.3. The number of urea groups is 1. The Balaban J connectivity index is 1.72. The van der Waals surface area contributed by atoms with E-state index < -0.39 is 10.0 Å². The van der Waals surface area contributed by atoms with Crippen molar-refractivity contribution >= 4 is 22.0 Å². The fraction of sp³-hybridized carbons (Fsp3) is 0.500. The molecule has 2 unspecified atom stereocenters. The highest BCUT2D eigenvalue weighted by Crippen LogP contribution is 2.34. The smallest absolute Gasteiger partial charge is 0.322 e. The van der Waals surface area contributed by atoms with Gasteiger partial charge in [0.15, 0.2) is 0 Å². The second-order valence-electron chi connectivity index (χ2n) is 7.56. The van der Waals surface area contributed by atoms with E-state index in [1.165, 1.54) is 21.5 Å². The van der Waals surface area contributed by atoms with E-state index in [0.29, 0.717) is 25.9 Å². The fourth-order valence-electron chi connectivity index (χ4n) is 3.90. The number of nitrogens with zero attached hydrogens (tertiary/aromatic N) is 3. The van der Waals surface area contributed by atoms with Gasteiger partial charge in [0, 0.05) is 20.1 Å². The van der Waals surface area contributed by atoms with Crippen LogP contribution in [0.2, 0.25) is 0 Å². The summed E-state index contributed by atoms with van der Waals surface area (Å²) in [6.45, 7) is 2.85. The summed E-state index contributed by atoms with van der Waals surface area (Å²) in [4.78, 5) is 28.5. The molecule has 0 bridgehead atoms. The van der Waals surface area contributed by atoms with Crippen LogP contribution in [-0.4, -0.2) is 66.9 Å². The van der Waals surface area contributed by atoms with Crippen LogP contribution < -0.4 is 0 Å². The highest BCUT2D eigenvalue weighted by molar-refractivity contribution is 7.88. The van der Waals surface area contributed by atoms with Gasteiger partial charge in [0.2, 0.25) is 10.0 Å². The van der Waals surface area contributed by atoms with Crippen LogP contribution in [0.4, 0.5) is 4.79 Å². The van der Waals surface area contributed by atoms with E-state index in [4.69, 9.17) is 0 Å². The molecule has 2 heterocycles. The Morgan fingerprint density at radius 2 is 1.75 bits per heavy atom. The number of allylic oxidation sites excluding steroid dienone is 1. The quantitative estimate of drug-likeness (QED) is 0.720. The van der Waals surface area contributed by atoms with E-state index in [0.717, 1.165) is 5.56 Å². The number of carbonyl (C=O) groups excluding carboxylic acids is 2. The van der Waals surface area contributed by atoms with Crippen LogP contribution in [0.3, 0.4) is 0 Å². The van der Waals surface area contributed by atoms with Crippen LogP contribution >= 0.6 is 0 Å². The number of sulfonamides is 1. The Morgan fingerprint density at radius 1 is 1.14 bits per heavy atom. The minimum atomic E-state index is -3.17. The number of rotatable bonds is 4. The lowest BCUT2D eigenvalue weighted by Crippen LogP contribution is -2.37. The average Bonchev–Trinajstić information content (AvgIpc) is 2.90. The van der Waals surface area contributed by atoms with Crippen LogP contribution in [0.1, 0.15) is 31.4 Å². The Hall–Kier alpha value is -2.19. The third kappa shape index (κ3) is 4.12. The molecule has 2 aliphatic rings. The lowest BCUT2D eigenvalue weighted by atomic mass is 9.97. The van der Waals surface area contributed by atoms with E-state index >= 15 is 0 Å². The van der Waals surface area contributed by atoms with Crippen molar-refractivity contribution in [3.05, 3.63) is 48.0 Å². The first-order valence-electron chi connectivity index (χ1n) is 9.48. The van der Waals surface area contributed by atoms with Gasteiger partial charge in [-0.1, -0.05) is 36.4 Å². The van der Waals surface area contributed by atoms with Crippen LogP contribution in [0.5, 0.6) is 0 Å². The molecule has 0 saturated carbocycles. The maximum Gasteiger partial charge on any atom is 0.327 e. The molecule has 2 atom stereocenters. The monoisotopic (exact) mass is 405 g/mol. The first kappa shape index (κ1) is 20.5. The van der Waals surface area contributed by atoms with E-state index in [9.17, 15) is 18.0 Å². The molecule has 7 nitrogen and oxygen atoms in total. The van der Waals surface area contributed by atoms with Gasteiger partial charge < -0.3 is 4.90 Å². The van der Waals surface area contributed by atoms with Gasteiger partial charge in [-0.05, 0) is 37.3 Å². The molecule has 0 aliphatic carbocycles. The Morgan fingerprint density at radius 3 is 2.32 bits per heavy atom. The van der Waals surface area contributed by atoms with Gasteiger partial charge in [0.1, 0.15) is 0 Å². The second-order valence-corrected chi connectivity index (χ2v) is 9.54. The number of hydrogen-bond donors (Lipinski definition) is 0. The van der Waals surface area contributed by atoms with E-state index in [1.54, 1.807) is 11.9 Å². The van der Waals surface area contributed by atoms with Crippen molar-refractivity contribution in [2.24, 2.45) is 5.92 Å². The zero-order valence-electron chi connectivity index (χ0n) is 16.5. The summed E-state index contributed by atoms with van der Waals surface area (Å²) >= 11 is 0. The van der Waals surface area contributed by atoms with Crippen molar-refractivity contribution in [3.63, 3.8) is 0 Å². The molecule has 152 valence electrons. The minimum absolute atomic E-state index is 0.120. The van der Waals surface area contributed by atoms with Crippen molar-refractivity contribution < 1.29 is 18.0 Å². The summed E-state index contributed by atoms with van der Waals surface area (Å²) in [5, 5.41) is 0. The molecule has 3 rings (SSSR count). The van der Waals surface area contributed by atoms with Crippen molar-refractivity contribution in [1.29, 1.82) is 0 Å². The molecule has 0 spiro atoms. The van der Waals surface area contributed by atoms with Gasteiger partial charge in [-0.25, -0.2) is 17.5 Å². The van der Waals surface area contributed by atoms with Crippen molar-refractivity contribution in [1.82, 2.24) is 14.1 Å². The zero-order chi connectivity index (χ0) is 20.5. The number of amides is 3. The summed E-state index contributed by atoms with van der Waals surface area (Å²) in [5.74, 6) is -0.203. The lowest BCUT2D eigenvalue weighted by molar-refractivity contribution is -0.124. The third-order valence-electron chi connectivity index (χ3n) is 5.71. The Kier molecular flexibility index (Phi) is 5.90. The molecule has 0 aromatic heterocycles. The minimum Gasteiger partial charge on any atom is -0.322 e. The number of benzene rings is 1. The van der Waals surface area contributed by atoms with Crippen LogP contribution in [0.25, 0.3) is 0 Å². The van der Waals surface area contributed by atoms with Gasteiger partial charge in [0.25, 0.3) is 5.91 Å². The van der Waals surface area contributed by atoms with Crippen molar-refractivity contribution in [2.75, 3.05) is 26.4 Å². The first-order chi connectivity index (χ1) is 13.2. The van der Waals surface area contributed by atoms with E-state index in [2.05, 4.69) is 0 Å². The second kappa shape index (κ2) is 8.05. The third-order valence-corrected chi connectivity index (χ3v) is 7.01. The number of likely N-dealkylation sites (N-methyl/N-ethyl adjacent to an activating group) is 1. The average molecular weight is 406 g/mol. The molecule has 1 aromatic rings. The van der Waals surface area contributed by atoms with Gasteiger partial charge >= 0.3 is 6.03 Å². The SMILES string of the molecule is CC1C(c2ccccc2)N(C(=O)/C=C/C2CCN(S(C)(=O)=O)CC2)C(=O)N1C. The molecule has 3 amide bonds. The van der Waals surface area contributed by atoms with Crippen LogP contribution in [0.15, 0.2) is 42.5 Å². The Bertz CT molecular complexity index is 861. The van der Waals surface area contributed by atoms with Crippen LogP contribution in [0, 0.1) is 5.92 Å². The van der Waals surface area contributed by atoms with Gasteiger partial charge in [0.05, 0.1) is 18.3 Å². The molecule has 1 aromatic carbocycles. The fourth-order valence-corrected chi connectivity index (χ4v) is 4.77. The summed E-state index contributed by atoms with van der Waals surface area (Å²) in [7, 11) is -1.46. The highest BCUT2D eigenvalue weighted by atomic mass is 32.2. The van der Waals surface area contributed by atoms with Gasteiger partial charge in [-0.2, -0.15) is 0 Å². The highest BCUT2D eigenvalue weighted by Gasteiger charge is 2.44. The predicted molar refractivity (Wildman–Crippen MR) is 107 cm³/mol. The van der Waals surface area contributed by atoms with Crippen LogP contribution in [-0.2, 0) is 14.8 Å². The number of imide groups is 1. The molecule has 28 heavy (non-hydrogen) atoms. The maximum atomic E-state index is 12.9. The molecular weight excluding hydrogens is 378 g/mol. The molecular formula is C20H27N3O4S. The molecule has 0 N–H and O–H groups in total. The largest absolute Gasteiger partial charge is 0.327 e. The molecule has 2 fully saturated rings. The summed E-state index contributed by atoms with van der Waals surface area (Å²) < 4.78 is 24.7. The molecule has 2 aliphatic heterocycles. The lowest BCUT2D eigenvalue weighted by Gasteiger charge is -2.28. The molecule has 8 heteroatoms. The number of carbonyl (C=O) groups is 2. The van der Waals surface area contributed by atoms with Gasteiger partial charge in [-0.3, -0.25) is 9.69 Å². The molecule has 0 radical (unpaired) electrons. The summed E-state index contributed by atoms with van der Waals surface area (Å²) in [6.07, 6.45) is 5.85. The van der Waals surface area contributed by atoms with Crippen molar-refractivity contribution in [2.45, 2.75) is 31.8 Å². The van der Waals surface area contributed by atoms with Crippen molar-refractivity contribution in [3.8, 4) is 0 Å². The summed E-state index contributed by atoms with van der Waals surface area (Å²) in [6, 6.07) is 8.81. The number of piperidine rings is 1. The Labute approximate surface area is 166 Å². The topological polar surface area (TPSA) is 78.0 Å². The standard InChI is InChI=1S/C20H27N3O4S/c1-15-19(17-7-5-4-6-8-17)23(20(25)21(15)2)18(24)10-9-16-11-13-22(14-12-16)28(3,26)27/h4-10,15-16,19H,11-14H2,1-3H3/b10-9+. The van der Waals surface area contributed by atoms with E-state index in [1.807, 2.05) is 43.3 Å². The normalized spacial score (nSPS) is 25.0.